The lowest BCUT2D eigenvalue weighted by molar-refractivity contribution is 0.171. The number of halogens is 1. The molecule has 0 saturated heterocycles. The van der Waals surface area contributed by atoms with E-state index in [9.17, 15) is 4.79 Å². The lowest BCUT2D eigenvalue weighted by Gasteiger charge is -2.25. The van der Waals surface area contributed by atoms with Gasteiger partial charge in [0.25, 0.3) is 0 Å². The fraction of sp³-hybridized carbons (Fsp3) is 0.200. The Kier molecular flexibility index (Phi) is 6.29. The highest BCUT2D eigenvalue weighted by Crippen LogP contribution is 2.40. The van der Waals surface area contributed by atoms with Crippen LogP contribution in [0.25, 0.3) is 10.8 Å². The van der Waals surface area contributed by atoms with Crippen molar-refractivity contribution >= 4 is 45.5 Å². The van der Waals surface area contributed by atoms with Crippen molar-refractivity contribution in [1.29, 1.82) is 0 Å². The second-order valence-corrected chi connectivity index (χ2v) is 9.96. The van der Waals surface area contributed by atoms with E-state index in [1.165, 1.54) is 0 Å². The van der Waals surface area contributed by atoms with Crippen LogP contribution in [0.5, 0.6) is 11.5 Å². The topological polar surface area (TPSA) is 66.4 Å². The maximum absolute atomic E-state index is 13.6. The van der Waals surface area contributed by atoms with Crippen LogP contribution in [0.4, 0.5) is 16.2 Å². The Morgan fingerprint density at radius 1 is 0.947 bits per heavy atom. The fourth-order valence-corrected chi connectivity index (χ4v) is 5.16. The molecule has 2 amide bonds. The minimum absolute atomic E-state index is 0.299. The van der Waals surface area contributed by atoms with Crippen molar-refractivity contribution in [2.45, 2.75) is 12.5 Å². The molecule has 4 aromatic rings. The van der Waals surface area contributed by atoms with Gasteiger partial charge in [-0.15, -0.1) is 0 Å². The van der Waals surface area contributed by atoms with E-state index in [-0.39, 0.29) is 12.1 Å². The van der Waals surface area contributed by atoms with E-state index < -0.39 is 0 Å². The van der Waals surface area contributed by atoms with Gasteiger partial charge in [0, 0.05) is 47.9 Å². The van der Waals surface area contributed by atoms with Gasteiger partial charge in [-0.25, -0.2) is 9.80 Å². The number of anilines is 2. The lowest BCUT2D eigenvalue weighted by Crippen LogP contribution is -2.31. The smallest absolute Gasteiger partial charge is 0.342 e. The summed E-state index contributed by atoms with van der Waals surface area (Å²) in [6.07, 6.45) is 0.555. The van der Waals surface area contributed by atoms with Gasteiger partial charge < -0.3 is 19.7 Å². The maximum atomic E-state index is 13.6. The van der Waals surface area contributed by atoms with Crippen LogP contribution >= 0.6 is 11.6 Å². The molecule has 0 saturated carbocycles. The summed E-state index contributed by atoms with van der Waals surface area (Å²) in [7, 11) is 4.07. The molecule has 38 heavy (non-hydrogen) atoms. The summed E-state index contributed by atoms with van der Waals surface area (Å²) in [6.45, 7) is 1.04. The van der Waals surface area contributed by atoms with Gasteiger partial charge in [0.2, 0.25) is 0 Å². The maximum Gasteiger partial charge on any atom is 0.342 e. The largest absolute Gasteiger partial charge is 0.486 e. The molecule has 1 unspecified atom stereocenters. The van der Waals surface area contributed by atoms with Crippen LogP contribution in [-0.2, 0) is 0 Å². The van der Waals surface area contributed by atoms with Gasteiger partial charge in [-0.3, -0.25) is 0 Å². The van der Waals surface area contributed by atoms with Crippen LogP contribution in [0.1, 0.15) is 23.6 Å². The molecular weight excluding hydrogens is 500 g/mol. The zero-order valence-electron chi connectivity index (χ0n) is 21.1. The van der Waals surface area contributed by atoms with Crippen molar-refractivity contribution in [1.82, 2.24) is 5.01 Å². The average molecular weight is 527 g/mol. The van der Waals surface area contributed by atoms with E-state index in [2.05, 4.69) is 34.5 Å². The Bertz CT molecular complexity index is 1550. The number of carbonyl (C=O) groups excluding carboxylic acids is 1. The summed E-state index contributed by atoms with van der Waals surface area (Å²) >= 11 is 6.04. The van der Waals surface area contributed by atoms with Crippen molar-refractivity contribution in [3.05, 3.63) is 95.0 Å². The molecule has 2 aliphatic heterocycles. The van der Waals surface area contributed by atoms with Gasteiger partial charge >= 0.3 is 6.03 Å². The Labute approximate surface area is 226 Å². The lowest BCUT2D eigenvalue weighted by atomic mass is 9.93. The second-order valence-electron chi connectivity index (χ2n) is 9.52. The van der Waals surface area contributed by atoms with E-state index in [0.717, 1.165) is 39.0 Å². The number of benzene rings is 4. The summed E-state index contributed by atoms with van der Waals surface area (Å²) in [6, 6.07) is 24.7. The first-order chi connectivity index (χ1) is 18.5. The number of rotatable bonds is 4. The first-order valence-corrected chi connectivity index (χ1v) is 12.9. The number of hydrazone groups is 1. The zero-order valence-corrected chi connectivity index (χ0v) is 21.9. The SMILES string of the molecule is CN(C)c1ccc(C2CC(c3ccc4c(c3)OCCO4)=NN2C(=O)Nc2ccc(Cl)cc2)c2ccccc12. The molecule has 0 fully saturated rings. The fourth-order valence-electron chi connectivity index (χ4n) is 5.04. The number of nitrogens with one attached hydrogen (secondary N) is 1. The number of hydrogen-bond acceptors (Lipinski definition) is 5. The summed E-state index contributed by atoms with van der Waals surface area (Å²) in [4.78, 5) is 15.7. The summed E-state index contributed by atoms with van der Waals surface area (Å²) < 4.78 is 11.5. The van der Waals surface area contributed by atoms with Gasteiger partial charge in [0.05, 0.1) is 11.8 Å². The summed E-state index contributed by atoms with van der Waals surface area (Å²) in [5.41, 5.74) is 4.50. The average Bonchev–Trinajstić information content (AvgIpc) is 3.39. The Hall–Kier alpha value is -4.23. The number of amides is 2. The quantitative estimate of drug-likeness (QED) is 0.321. The zero-order chi connectivity index (χ0) is 26.2. The van der Waals surface area contributed by atoms with E-state index in [4.69, 9.17) is 26.2 Å². The number of fused-ring (bicyclic) bond motifs is 2. The second kappa shape index (κ2) is 9.91. The van der Waals surface area contributed by atoms with Crippen molar-refractivity contribution in [3.63, 3.8) is 0 Å². The Balaban J connectivity index is 1.41. The highest BCUT2D eigenvalue weighted by Gasteiger charge is 2.35. The minimum Gasteiger partial charge on any atom is -0.486 e. The summed E-state index contributed by atoms with van der Waals surface area (Å²) in [5.74, 6) is 1.41. The molecule has 0 aromatic heterocycles. The molecule has 8 heteroatoms. The molecule has 2 aliphatic rings. The molecule has 0 bridgehead atoms. The molecule has 7 nitrogen and oxygen atoms in total. The van der Waals surface area contributed by atoms with Gasteiger partial charge in [-0.05, 0) is 59.5 Å². The van der Waals surface area contributed by atoms with Gasteiger partial charge in [-0.2, -0.15) is 5.10 Å². The van der Waals surface area contributed by atoms with Crippen LogP contribution in [-0.4, -0.2) is 44.1 Å². The highest BCUT2D eigenvalue weighted by molar-refractivity contribution is 6.30. The van der Waals surface area contributed by atoms with Gasteiger partial charge in [-0.1, -0.05) is 41.9 Å². The predicted octanol–water partition coefficient (Wildman–Crippen LogP) is 6.71. The Morgan fingerprint density at radius 3 is 2.45 bits per heavy atom. The predicted molar refractivity (Wildman–Crippen MR) is 152 cm³/mol. The van der Waals surface area contributed by atoms with Crippen molar-refractivity contribution < 1.29 is 14.3 Å². The molecule has 0 aliphatic carbocycles. The molecular formula is C30H27ClN4O3. The third-order valence-corrected chi connectivity index (χ3v) is 7.12. The van der Waals surface area contributed by atoms with Crippen LogP contribution in [0.2, 0.25) is 5.02 Å². The van der Waals surface area contributed by atoms with Crippen molar-refractivity contribution in [3.8, 4) is 11.5 Å². The number of urea groups is 1. The van der Waals surface area contributed by atoms with Gasteiger partial charge in [0.15, 0.2) is 11.5 Å². The molecule has 6 rings (SSSR count). The minimum atomic E-state index is -0.314. The molecule has 0 radical (unpaired) electrons. The van der Waals surface area contributed by atoms with E-state index in [0.29, 0.717) is 36.1 Å². The molecule has 0 spiro atoms. The number of ether oxygens (including phenoxy) is 2. The molecule has 4 aromatic carbocycles. The third-order valence-electron chi connectivity index (χ3n) is 6.86. The van der Waals surface area contributed by atoms with Crippen LogP contribution in [0.15, 0.2) is 84.0 Å². The standard InChI is InChI=1S/C30H27ClN4O3/c1-34(2)26-13-12-24(22-5-3-4-6-23(22)26)27-18-25(19-7-14-28-29(17-19)38-16-15-37-28)33-35(27)30(36)32-21-10-8-20(31)9-11-21/h3-14,17,27H,15-16,18H2,1-2H3,(H,32,36). The van der Waals surface area contributed by atoms with Crippen LogP contribution in [0.3, 0.4) is 0 Å². The first-order valence-electron chi connectivity index (χ1n) is 12.5. The first kappa shape index (κ1) is 24.1. The van der Waals surface area contributed by atoms with Crippen molar-refractivity contribution in [2.75, 3.05) is 37.5 Å². The van der Waals surface area contributed by atoms with Crippen LogP contribution in [0, 0.1) is 0 Å². The van der Waals surface area contributed by atoms with Crippen LogP contribution < -0.4 is 19.7 Å². The summed E-state index contributed by atoms with van der Waals surface area (Å²) in [5, 5.41) is 12.2. The molecule has 1 atom stereocenters. The molecule has 192 valence electrons. The number of hydrogen-bond donors (Lipinski definition) is 1. The molecule has 2 heterocycles. The van der Waals surface area contributed by atoms with E-state index in [1.54, 1.807) is 29.3 Å². The van der Waals surface area contributed by atoms with Gasteiger partial charge in [0.1, 0.15) is 13.2 Å². The van der Waals surface area contributed by atoms with Crippen molar-refractivity contribution in [2.24, 2.45) is 5.10 Å². The van der Waals surface area contributed by atoms with E-state index >= 15 is 0 Å². The normalized spacial score (nSPS) is 16.3. The Morgan fingerprint density at radius 2 is 1.68 bits per heavy atom. The monoisotopic (exact) mass is 526 g/mol. The molecule has 1 N–H and O–H groups in total. The number of carbonyl (C=O) groups is 1. The highest BCUT2D eigenvalue weighted by atomic mass is 35.5. The van der Waals surface area contributed by atoms with E-state index in [1.807, 2.05) is 44.4 Å². The number of nitrogens with zero attached hydrogens (tertiary/aromatic N) is 3. The third kappa shape index (κ3) is 4.50.